The largest absolute Gasteiger partial charge is 0.492 e. The number of nitrogens with one attached hydrogen (secondary N) is 1. The summed E-state index contributed by atoms with van der Waals surface area (Å²) < 4.78 is 16.9. The molecule has 6 heteroatoms. The van der Waals surface area contributed by atoms with E-state index in [4.69, 9.17) is 25.8 Å². The van der Waals surface area contributed by atoms with E-state index in [1.54, 1.807) is 7.11 Å². The molecule has 0 bridgehead atoms. The Labute approximate surface area is 146 Å². The fourth-order valence-electron chi connectivity index (χ4n) is 3.34. The maximum absolute atomic E-state index is 6.33. The van der Waals surface area contributed by atoms with Crippen LogP contribution < -0.4 is 19.5 Å². The molecule has 0 unspecified atom stereocenters. The van der Waals surface area contributed by atoms with Gasteiger partial charge in [0.1, 0.15) is 6.17 Å². The molecule has 126 valence electrons. The van der Waals surface area contributed by atoms with E-state index in [0.717, 1.165) is 35.7 Å². The zero-order valence-corrected chi connectivity index (χ0v) is 14.4. The van der Waals surface area contributed by atoms with E-state index in [1.165, 1.54) is 5.56 Å². The second-order valence-electron chi connectivity index (χ2n) is 5.97. The quantitative estimate of drug-likeness (QED) is 0.918. The van der Waals surface area contributed by atoms with Crippen LogP contribution in [0.25, 0.3) is 0 Å². The van der Waals surface area contributed by atoms with Crippen molar-refractivity contribution in [2.45, 2.75) is 12.6 Å². The maximum Gasteiger partial charge on any atom is 0.231 e. The highest BCUT2D eigenvalue weighted by molar-refractivity contribution is 6.33. The van der Waals surface area contributed by atoms with Gasteiger partial charge in [-0.15, -0.1) is 0 Å². The Hall–Kier alpha value is -2.11. The molecule has 0 aliphatic carbocycles. The molecule has 1 N–H and O–H groups in total. The molecule has 0 amide bonds. The van der Waals surface area contributed by atoms with Crippen molar-refractivity contribution in [1.82, 2.24) is 4.90 Å². The van der Waals surface area contributed by atoms with Gasteiger partial charge in [-0.2, -0.15) is 0 Å². The van der Waals surface area contributed by atoms with Crippen LogP contribution >= 0.6 is 11.6 Å². The number of methoxy groups -OCH3 is 1. The second-order valence-corrected chi connectivity index (χ2v) is 6.38. The number of fused-ring (bicyclic) bond motifs is 2. The third-order valence-corrected chi connectivity index (χ3v) is 4.89. The molecular weight excluding hydrogens is 328 g/mol. The summed E-state index contributed by atoms with van der Waals surface area (Å²) in [5.41, 5.74) is 3.18. The van der Waals surface area contributed by atoms with Gasteiger partial charge < -0.3 is 19.5 Å². The van der Waals surface area contributed by atoms with Gasteiger partial charge in [0.05, 0.1) is 17.8 Å². The molecule has 2 aliphatic rings. The lowest BCUT2D eigenvalue weighted by atomic mass is 9.94. The predicted molar refractivity (Wildman–Crippen MR) is 93.3 cm³/mol. The molecule has 2 heterocycles. The highest BCUT2D eigenvalue weighted by Crippen LogP contribution is 2.49. The summed E-state index contributed by atoms with van der Waals surface area (Å²) in [6.45, 7) is 1.16. The fraction of sp³-hybridized carbons (Fsp3) is 0.333. The standard InChI is InChI=1S/C18H19ClN2O3/c1-21-8-7-11-9-14-16(24-10-23-14)17(22-2)15(11)18(21)20-13-6-4-3-5-12(13)19/h3-6,9,18,20H,7-8,10H2,1-2H3/t18-/m0/s1. The van der Waals surface area contributed by atoms with Crippen LogP contribution in [0.3, 0.4) is 0 Å². The number of benzene rings is 2. The van der Waals surface area contributed by atoms with Crippen molar-refractivity contribution in [2.24, 2.45) is 0 Å². The Kier molecular flexibility index (Phi) is 3.90. The van der Waals surface area contributed by atoms with Gasteiger partial charge in [-0.1, -0.05) is 23.7 Å². The summed E-state index contributed by atoms with van der Waals surface area (Å²) in [6, 6.07) is 9.81. The first-order valence-electron chi connectivity index (χ1n) is 7.89. The molecule has 5 nitrogen and oxygen atoms in total. The molecule has 4 rings (SSSR count). The van der Waals surface area contributed by atoms with Crippen molar-refractivity contribution in [3.05, 3.63) is 46.5 Å². The first kappa shape index (κ1) is 15.4. The number of hydrogen-bond donors (Lipinski definition) is 1. The van der Waals surface area contributed by atoms with Crippen LogP contribution in [0.15, 0.2) is 30.3 Å². The number of likely N-dealkylation sites (N-methyl/N-ethyl adjacent to an activating group) is 1. The molecular formula is C18H19ClN2O3. The molecule has 0 spiro atoms. The highest BCUT2D eigenvalue weighted by atomic mass is 35.5. The number of ether oxygens (including phenoxy) is 3. The van der Waals surface area contributed by atoms with Crippen LogP contribution in [0.1, 0.15) is 17.3 Å². The summed E-state index contributed by atoms with van der Waals surface area (Å²) in [5, 5.41) is 4.23. The monoisotopic (exact) mass is 346 g/mol. The number of rotatable bonds is 3. The normalized spacial score (nSPS) is 19.0. The van der Waals surface area contributed by atoms with Gasteiger partial charge in [0.15, 0.2) is 11.5 Å². The maximum atomic E-state index is 6.33. The van der Waals surface area contributed by atoms with Crippen molar-refractivity contribution in [1.29, 1.82) is 0 Å². The molecule has 0 saturated carbocycles. The van der Waals surface area contributed by atoms with Gasteiger partial charge in [-0.05, 0) is 37.2 Å². The summed E-state index contributed by atoms with van der Waals surface area (Å²) in [6.07, 6.45) is 0.873. The Morgan fingerprint density at radius 2 is 2.12 bits per heavy atom. The first-order valence-corrected chi connectivity index (χ1v) is 8.27. The molecule has 2 aromatic rings. The zero-order chi connectivity index (χ0) is 16.7. The van der Waals surface area contributed by atoms with Gasteiger partial charge in [0, 0.05) is 12.1 Å². The molecule has 2 aliphatic heterocycles. The topological polar surface area (TPSA) is 43.0 Å². The van der Waals surface area contributed by atoms with Crippen molar-refractivity contribution < 1.29 is 14.2 Å². The number of para-hydroxylation sites is 1. The Morgan fingerprint density at radius 1 is 1.29 bits per heavy atom. The summed E-state index contributed by atoms with van der Waals surface area (Å²) >= 11 is 6.33. The van der Waals surface area contributed by atoms with Gasteiger partial charge >= 0.3 is 0 Å². The summed E-state index contributed by atoms with van der Waals surface area (Å²) in [5.74, 6) is 2.17. The number of hydrogen-bond acceptors (Lipinski definition) is 5. The average molecular weight is 347 g/mol. The Balaban J connectivity index is 1.81. The van der Waals surface area contributed by atoms with Crippen LogP contribution in [0, 0.1) is 0 Å². The lowest BCUT2D eigenvalue weighted by molar-refractivity contribution is 0.170. The van der Waals surface area contributed by atoms with E-state index in [1.807, 2.05) is 24.3 Å². The molecule has 0 aromatic heterocycles. The third kappa shape index (κ3) is 2.44. The fourth-order valence-corrected chi connectivity index (χ4v) is 3.53. The predicted octanol–water partition coefficient (Wildman–Crippen LogP) is 3.68. The van der Waals surface area contributed by atoms with E-state index in [9.17, 15) is 0 Å². The zero-order valence-electron chi connectivity index (χ0n) is 13.6. The van der Waals surface area contributed by atoms with Crippen LogP contribution in [-0.4, -0.2) is 32.4 Å². The van der Waals surface area contributed by atoms with Crippen molar-refractivity contribution in [3.63, 3.8) is 0 Å². The van der Waals surface area contributed by atoms with E-state index < -0.39 is 0 Å². The first-order chi connectivity index (χ1) is 11.7. The van der Waals surface area contributed by atoms with Crippen molar-refractivity contribution in [3.8, 4) is 17.2 Å². The summed E-state index contributed by atoms with van der Waals surface area (Å²) in [7, 11) is 3.75. The summed E-state index contributed by atoms with van der Waals surface area (Å²) in [4.78, 5) is 2.25. The van der Waals surface area contributed by atoms with Crippen LogP contribution in [-0.2, 0) is 6.42 Å². The van der Waals surface area contributed by atoms with Crippen LogP contribution in [0.4, 0.5) is 5.69 Å². The molecule has 0 fully saturated rings. The Morgan fingerprint density at radius 3 is 2.92 bits per heavy atom. The van der Waals surface area contributed by atoms with Crippen LogP contribution in [0.5, 0.6) is 17.2 Å². The van der Waals surface area contributed by atoms with E-state index in [2.05, 4.69) is 23.3 Å². The van der Waals surface area contributed by atoms with Gasteiger partial charge in [0.25, 0.3) is 0 Å². The molecule has 0 radical (unpaired) electrons. The van der Waals surface area contributed by atoms with E-state index in [-0.39, 0.29) is 13.0 Å². The van der Waals surface area contributed by atoms with Crippen LogP contribution in [0.2, 0.25) is 5.02 Å². The van der Waals surface area contributed by atoms with E-state index in [0.29, 0.717) is 10.8 Å². The van der Waals surface area contributed by atoms with Gasteiger partial charge in [-0.25, -0.2) is 0 Å². The smallest absolute Gasteiger partial charge is 0.231 e. The minimum atomic E-state index is -0.0573. The minimum Gasteiger partial charge on any atom is -0.492 e. The number of nitrogens with zero attached hydrogens (tertiary/aromatic N) is 1. The van der Waals surface area contributed by atoms with Crippen molar-refractivity contribution in [2.75, 3.05) is 32.8 Å². The SMILES string of the molecule is COc1c2c(cc3c1[C@@H](Nc1ccccc1Cl)N(C)CC3)OCO2. The van der Waals surface area contributed by atoms with Gasteiger partial charge in [-0.3, -0.25) is 4.90 Å². The number of anilines is 1. The molecule has 1 atom stereocenters. The lowest BCUT2D eigenvalue weighted by Crippen LogP contribution is -2.37. The van der Waals surface area contributed by atoms with Crippen molar-refractivity contribution >= 4 is 17.3 Å². The number of halogens is 1. The van der Waals surface area contributed by atoms with E-state index >= 15 is 0 Å². The molecule has 24 heavy (non-hydrogen) atoms. The minimum absolute atomic E-state index is 0.0573. The average Bonchev–Trinajstić information content (AvgIpc) is 3.05. The lowest BCUT2D eigenvalue weighted by Gasteiger charge is -2.36. The Bertz CT molecular complexity index is 781. The molecule has 0 saturated heterocycles. The third-order valence-electron chi connectivity index (χ3n) is 4.56. The molecule has 2 aromatic carbocycles. The van der Waals surface area contributed by atoms with Gasteiger partial charge in [0.2, 0.25) is 12.5 Å². The second kappa shape index (κ2) is 6.07. The highest BCUT2D eigenvalue weighted by Gasteiger charge is 2.34.